The van der Waals surface area contributed by atoms with Gasteiger partial charge in [-0.05, 0) is 6.42 Å². The van der Waals surface area contributed by atoms with Gasteiger partial charge in [-0.25, -0.2) is 22.0 Å². The molecule has 1 unspecified atom stereocenters. The van der Waals surface area contributed by atoms with Gasteiger partial charge in [0, 0.05) is 14.2 Å². The van der Waals surface area contributed by atoms with Crippen molar-refractivity contribution in [2.24, 2.45) is 5.92 Å². The second-order valence-electron chi connectivity index (χ2n) is 6.86. The molecule has 0 aromatic heterocycles. The quantitative estimate of drug-likeness (QED) is 0.145. The number of benzene rings is 1. The smallest absolute Gasteiger partial charge is 0.285 e. The standard InChI is InChI=1S/C20H29F5O4/c1-4-5-6-7-8-9-10-13(20(26,27-2)28-3)11-29-12-14-15(21)17(23)19(25)18(24)16(14)22/h13,26H,4-12H2,1-3H3. The summed E-state index contributed by atoms with van der Waals surface area (Å²) < 4.78 is 82.3. The maximum atomic E-state index is 13.7. The SMILES string of the molecule is CCCCCCCCC(COCc1c(F)c(F)c(F)c(F)c1F)C(O)(OC)OC. The first kappa shape index (κ1) is 25.7. The van der Waals surface area contributed by atoms with E-state index in [0.29, 0.717) is 6.42 Å². The third-order valence-electron chi connectivity index (χ3n) is 4.87. The van der Waals surface area contributed by atoms with Crippen molar-refractivity contribution in [3.63, 3.8) is 0 Å². The molecule has 0 bridgehead atoms. The van der Waals surface area contributed by atoms with Crippen LogP contribution >= 0.6 is 0 Å². The predicted octanol–water partition coefficient (Wildman–Crippen LogP) is 5.20. The molecule has 0 aliphatic rings. The van der Waals surface area contributed by atoms with E-state index in [0.717, 1.165) is 38.5 Å². The molecule has 0 saturated heterocycles. The zero-order chi connectivity index (χ0) is 22.0. The average Bonchev–Trinajstić information content (AvgIpc) is 2.73. The fraction of sp³-hybridized carbons (Fsp3) is 0.700. The molecule has 0 aliphatic heterocycles. The number of halogens is 5. The summed E-state index contributed by atoms with van der Waals surface area (Å²) in [7, 11) is 2.45. The Hall–Kier alpha value is -1.29. The van der Waals surface area contributed by atoms with Crippen LogP contribution in [0, 0.1) is 35.0 Å². The summed E-state index contributed by atoms with van der Waals surface area (Å²) in [5, 5.41) is 10.4. The van der Waals surface area contributed by atoms with Gasteiger partial charge in [0.2, 0.25) is 5.82 Å². The van der Waals surface area contributed by atoms with E-state index < -0.39 is 53.1 Å². The molecule has 1 aromatic rings. The highest BCUT2D eigenvalue weighted by atomic mass is 19.2. The fourth-order valence-electron chi connectivity index (χ4n) is 3.04. The number of rotatable bonds is 14. The lowest BCUT2D eigenvalue weighted by Gasteiger charge is -2.33. The van der Waals surface area contributed by atoms with Crippen molar-refractivity contribution >= 4 is 0 Å². The topological polar surface area (TPSA) is 47.9 Å². The van der Waals surface area contributed by atoms with Crippen molar-refractivity contribution in [3.05, 3.63) is 34.6 Å². The van der Waals surface area contributed by atoms with Crippen molar-refractivity contribution in [2.45, 2.75) is 64.4 Å². The number of aliphatic hydroxyl groups is 1. The lowest BCUT2D eigenvalue weighted by atomic mass is 9.98. The molecule has 0 radical (unpaired) electrons. The van der Waals surface area contributed by atoms with Gasteiger partial charge in [-0.2, -0.15) is 0 Å². The van der Waals surface area contributed by atoms with E-state index in [1.54, 1.807) is 0 Å². The second kappa shape index (κ2) is 12.4. The minimum absolute atomic E-state index is 0.271. The van der Waals surface area contributed by atoms with Crippen LogP contribution in [0.5, 0.6) is 0 Å². The molecule has 29 heavy (non-hydrogen) atoms. The molecule has 4 nitrogen and oxygen atoms in total. The van der Waals surface area contributed by atoms with Gasteiger partial charge in [-0.3, -0.25) is 0 Å². The van der Waals surface area contributed by atoms with Gasteiger partial charge in [-0.1, -0.05) is 45.4 Å². The first-order valence-corrected chi connectivity index (χ1v) is 9.64. The Bertz CT molecular complexity index is 609. The lowest BCUT2D eigenvalue weighted by Crippen LogP contribution is -2.44. The van der Waals surface area contributed by atoms with Crippen LogP contribution in [0.25, 0.3) is 0 Å². The van der Waals surface area contributed by atoms with E-state index in [-0.39, 0.29) is 6.61 Å². The second-order valence-corrected chi connectivity index (χ2v) is 6.86. The summed E-state index contributed by atoms with van der Waals surface area (Å²) >= 11 is 0. The van der Waals surface area contributed by atoms with E-state index >= 15 is 0 Å². The summed E-state index contributed by atoms with van der Waals surface area (Å²) in [6.45, 7) is 0.976. The van der Waals surface area contributed by atoms with Gasteiger partial charge >= 0.3 is 0 Å². The van der Waals surface area contributed by atoms with Gasteiger partial charge in [0.1, 0.15) is 0 Å². The van der Waals surface area contributed by atoms with E-state index in [1.807, 2.05) is 0 Å². The maximum Gasteiger partial charge on any atom is 0.285 e. The molecule has 1 rings (SSSR count). The van der Waals surface area contributed by atoms with Crippen LogP contribution < -0.4 is 0 Å². The zero-order valence-corrected chi connectivity index (χ0v) is 17.0. The highest BCUT2D eigenvalue weighted by Crippen LogP contribution is 2.28. The van der Waals surface area contributed by atoms with Crippen molar-refractivity contribution < 1.29 is 41.3 Å². The fourth-order valence-corrected chi connectivity index (χ4v) is 3.04. The Labute approximate surface area is 168 Å². The van der Waals surface area contributed by atoms with Crippen molar-refractivity contribution in [2.75, 3.05) is 20.8 Å². The molecule has 0 saturated carbocycles. The first-order chi connectivity index (χ1) is 13.7. The van der Waals surface area contributed by atoms with E-state index in [9.17, 15) is 27.1 Å². The van der Waals surface area contributed by atoms with E-state index in [1.165, 1.54) is 14.2 Å². The Morgan fingerprint density at radius 1 is 0.793 bits per heavy atom. The Morgan fingerprint density at radius 2 is 1.28 bits per heavy atom. The van der Waals surface area contributed by atoms with Crippen LogP contribution in [0.1, 0.15) is 57.4 Å². The minimum Gasteiger partial charge on any atom is -0.376 e. The summed E-state index contributed by atoms with van der Waals surface area (Å²) in [6, 6.07) is 0. The summed E-state index contributed by atoms with van der Waals surface area (Å²) in [4.78, 5) is 0. The summed E-state index contributed by atoms with van der Waals surface area (Å²) in [5.41, 5.74) is -1.07. The van der Waals surface area contributed by atoms with Crippen LogP contribution in [0.2, 0.25) is 0 Å². The molecule has 1 atom stereocenters. The largest absolute Gasteiger partial charge is 0.376 e. The molecule has 0 aliphatic carbocycles. The zero-order valence-electron chi connectivity index (χ0n) is 17.0. The number of hydrogen-bond acceptors (Lipinski definition) is 4. The Kier molecular flexibility index (Phi) is 11.0. The number of unbranched alkanes of at least 4 members (excludes halogenated alkanes) is 5. The molecule has 0 heterocycles. The molecule has 1 aromatic carbocycles. The van der Waals surface area contributed by atoms with Crippen LogP contribution in [-0.2, 0) is 20.8 Å². The molecule has 9 heteroatoms. The van der Waals surface area contributed by atoms with Crippen LogP contribution in [0.3, 0.4) is 0 Å². The highest BCUT2D eigenvalue weighted by molar-refractivity contribution is 5.23. The molecule has 1 N–H and O–H groups in total. The van der Waals surface area contributed by atoms with Crippen molar-refractivity contribution in [1.82, 2.24) is 0 Å². The molecule has 0 amide bonds. The molecule has 168 valence electrons. The number of hydrogen-bond donors (Lipinski definition) is 1. The van der Waals surface area contributed by atoms with Gasteiger partial charge in [-0.15, -0.1) is 0 Å². The van der Waals surface area contributed by atoms with E-state index in [2.05, 4.69) is 6.92 Å². The first-order valence-electron chi connectivity index (χ1n) is 9.64. The number of methoxy groups -OCH3 is 2. The minimum atomic E-state index is -2.22. The molecule has 0 spiro atoms. The van der Waals surface area contributed by atoms with Gasteiger partial charge < -0.3 is 19.3 Å². The van der Waals surface area contributed by atoms with Crippen molar-refractivity contribution in [3.8, 4) is 0 Å². The number of ether oxygens (including phenoxy) is 3. The van der Waals surface area contributed by atoms with Gasteiger partial charge in [0.25, 0.3) is 5.97 Å². The van der Waals surface area contributed by atoms with Crippen molar-refractivity contribution in [1.29, 1.82) is 0 Å². The molecular formula is C20H29F5O4. The average molecular weight is 428 g/mol. The monoisotopic (exact) mass is 428 g/mol. The Balaban J connectivity index is 2.76. The predicted molar refractivity (Wildman–Crippen MR) is 96.3 cm³/mol. The molecular weight excluding hydrogens is 399 g/mol. The van der Waals surface area contributed by atoms with Gasteiger partial charge in [0.05, 0.1) is 24.7 Å². The summed E-state index contributed by atoms with van der Waals surface area (Å²) in [6.07, 6.45) is 6.39. The maximum absolute atomic E-state index is 13.7. The third-order valence-corrected chi connectivity index (χ3v) is 4.87. The Morgan fingerprint density at radius 3 is 1.79 bits per heavy atom. The molecule has 0 fully saturated rings. The normalized spacial score (nSPS) is 13.1. The summed E-state index contributed by atoms with van der Waals surface area (Å²) in [5.74, 6) is -12.9. The highest BCUT2D eigenvalue weighted by Gasteiger charge is 2.37. The van der Waals surface area contributed by atoms with E-state index in [4.69, 9.17) is 14.2 Å². The third kappa shape index (κ3) is 6.87. The van der Waals surface area contributed by atoms with Gasteiger partial charge in [0.15, 0.2) is 23.3 Å². The van der Waals surface area contributed by atoms with Crippen LogP contribution in [0.4, 0.5) is 22.0 Å². The van der Waals surface area contributed by atoms with Crippen LogP contribution in [-0.4, -0.2) is 31.9 Å². The lowest BCUT2D eigenvalue weighted by molar-refractivity contribution is -0.372. The van der Waals surface area contributed by atoms with Crippen LogP contribution in [0.15, 0.2) is 0 Å².